The van der Waals surface area contributed by atoms with Gasteiger partial charge in [0.05, 0.1) is 11.1 Å². The normalized spacial score (nSPS) is 10.9. The molecule has 0 aromatic heterocycles. The Morgan fingerprint density at radius 3 is 2.50 bits per heavy atom. The molecule has 0 aliphatic heterocycles. The summed E-state index contributed by atoms with van der Waals surface area (Å²) in [4.78, 5) is 0. The zero-order chi connectivity index (χ0) is 13.4. The summed E-state index contributed by atoms with van der Waals surface area (Å²) in [6.45, 7) is 8.31. The Morgan fingerprint density at radius 2 is 1.94 bits per heavy atom. The third kappa shape index (κ3) is 4.87. The molecule has 1 aromatic rings. The summed E-state index contributed by atoms with van der Waals surface area (Å²) in [5.41, 5.74) is 1.20. The van der Waals surface area contributed by atoms with E-state index in [2.05, 4.69) is 32.2 Å². The van der Waals surface area contributed by atoms with Gasteiger partial charge in [0.15, 0.2) is 0 Å². The lowest BCUT2D eigenvalue weighted by Gasteiger charge is -2.17. The first-order chi connectivity index (χ1) is 8.71. The molecule has 3 heteroatoms. The van der Waals surface area contributed by atoms with E-state index >= 15 is 0 Å². The van der Waals surface area contributed by atoms with Crippen LogP contribution in [0.2, 0.25) is 5.02 Å². The molecule has 0 fully saturated rings. The molecule has 0 atom stereocenters. The summed E-state index contributed by atoms with van der Waals surface area (Å²) in [5.74, 6) is 0.796. The Morgan fingerprint density at radius 1 is 1.22 bits per heavy atom. The van der Waals surface area contributed by atoms with Crippen molar-refractivity contribution in [3.63, 3.8) is 0 Å². The molecule has 18 heavy (non-hydrogen) atoms. The molecule has 1 N–H and O–H groups in total. The first kappa shape index (κ1) is 15.3. The van der Waals surface area contributed by atoms with E-state index in [-0.39, 0.29) is 6.10 Å². The Hall–Kier alpha value is -0.730. The van der Waals surface area contributed by atoms with Crippen molar-refractivity contribution in [1.82, 2.24) is 5.32 Å². The number of halogens is 1. The van der Waals surface area contributed by atoms with E-state index in [1.807, 2.05) is 12.1 Å². The van der Waals surface area contributed by atoms with Crippen molar-refractivity contribution >= 4 is 11.6 Å². The molecule has 0 amide bonds. The average Bonchev–Trinajstić information content (AvgIpc) is 2.38. The fourth-order valence-corrected chi connectivity index (χ4v) is 2.04. The van der Waals surface area contributed by atoms with E-state index in [0.717, 1.165) is 38.1 Å². The minimum Gasteiger partial charge on any atom is -0.489 e. The van der Waals surface area contributed by atoms with Crippen LogP contribution in [0, 0.1) is 0 Å². The molecule has 1 rings (SSSR count). The van der Waals surface area contributed by atoms with Crippen LogP contribution in [-0.4, -0.2) is 12.6 Å². The lowest BCUT2D eigenvalue weighted by molar-refractivity contribution is 0.193. The highest BCUT2D eigenvalue weighted by atomic mass is 35.5. The van der Waals surface area contributed by atoms with Gasteiger partial charge < -0.3 is 10.1 Å². The smallest absolute Gasteiger partial charge is 0.138 e. The second kappa shape index (κ2) is 8.39. The lowest BCUT2D eigenvalue weighted by atomic mass is 10.2. The number of nitrogens with one attached hydrogen (secondary N) is 1. The van der Waals surface area contributed by atoms with Gasteiger partial charge >= 0.3 is 0 Å². The van der Waals surface area contributed by atoms with Crippen LogP contribution in [0.3, 0.4) is 0 Å². The minimum atomic E-state index is 0.256. The maximum atomic E-state index is 6.25. The topological polar surface area (TPSA) is 21.3 Å². The summed E-state index contributed by atoms with van der Waals surface area (Å²) in [5, 5.41) is 4.07. The summed E-state index contributed by atoms with van der Waals surface area (Å²) in [6, 6.07) is 6.04. The first-order valence-electron chi connectivity index (χ1n) is 6.87. The van der Waals surface area contributed by atoms with Crippen molar-refractivity contribution in [2.45, 2.75) is 52.7 Å². The summed E-state index contributed by atoms with van der Waals surface area (Å²) < 4.78 is 5.87. The van der Waals surface area contributed by atoms with Crippen LogP contribution in [-0.2, 0) is 6.54 Å². The summed E-state index contributed by atoms with van der Waals surface area (Å²) in [7, 11) is 0. The molecule has 0 bridgehead atoms. The number of benzene rings is 1. The molecule has 102 valence electrons. The molecule has 0 radical (unpaired) electrons. The number of hydrogen-bond donors (Lipinski definition) is 1. The monoisotopic (exact) mass is 269 g/mol. The highest BCUT2D eigenvalue weighted by molar-refractivity contribution is 6.32. The maximum Gasteiger partial charge on any atom is 0.138 e. The van der Waals surface area contributed by atoms with Crippen LogP contribution in [0.5, 0.6) is 5.75 Å². The maximum absolute atomic E-state index is 6.25. The van der Waals surface area contributed by atoms with Crippen LogP contribution in [0.25, 0.3) is 0 Å². The number of ether oxygens (including phenoxy) is 1. The highest BCUT2D eigenvalue weighted by Gasteiger charge is 2.08. The largest absolute Gasteiger partial charge is 0.489 e. The van der Waals surface area contributed by atoms with Gasteiger partial charge in [-0.25, -0.2) is 0 Å². The van der Waals surface area contributed by atoms with Crippen LogP contribution in [0.15, 0.2) is 18.2 Å². The molecule has 1 aromatic carbocycles. The van der Waals surface area contributed by atoms with Gasteiger partial charge in [-0.05, 0) is 43.5 Å². The zero-order valence-corrected chi connectivity index (χ0v) is 12.4. The molecule has 0 unspecified atom stereocenters. The van der Waals surface area contributed by atoms with Gasteiger partial charge in [-0.1, -0.05) is 38.4 Å². The second-order valence-electron chi connectivity index (χ2n) is 4.50. The summed E-state index contributed by atoms with van der Waals surface area (Å²) in [6.07, 6.45) is 3.41. The van der Waals surface area contributed by atoms with E-state index in [9.17, 15) is 0 Å². The van der Waals surface area contributed by atoms with Gasteiger partial charge in [-0.3, -0.25) is 0 Å². The molecule has 0 saturated carbocycles. The van der Waals surface area contributed by atoms with Crippen LogP contribution in [0.1, 0.15) is 45.6 Å². The van der Waals surface area contributed by atoms with Crippen molar-refractivity contribution in [3.8, 4) is 5.75 Å². The molecular weight excluding hydrogens is 246 g/mol. The fourth-order valence-electron chi connectivity index (χ4n) is 1.79. The van der Waals surface area contributed by atoms with Gasteiger partial charge in [0, 0.05) is 6.54 Å². The van der Waals surface area contributed by atoms with E-state index < -0.39 is 0 Å². The quantitative estimate of drug-likeness (QED) is 0.706. The van der Waals surface area contributed by atoms with Crippen molar-refractivity contribution in [2.75, 3.05) is 6.54 Å². The number of hydrogen-bond acceptors (Lipinski definition) is 2. The van der Waals surface area contributed by atoms with Crippen LogP contribution < -0.4 is 10.1 Å². The molecule has 0 heterocycles. The minimum absolute atomic E-state index is 0.256. The standard InChI is InChI=1S/C15H24ClNO/c1-4-9-17-11-12-7-8-15(14(16)10-12)18-13(5-2)6-3/h7-8,10,13,17H,4-6,9,11H2,1-3H3. The van der Waals surface area contributed by atoms with Gasteiger partial charge in [-0.2, -0.15) is 0 Å². The van der Waals surface area contributed by atoms with Crippen molar-refractivity contribution in [2.24, 2.45) is 0 Å². The Bertz CT molecular complexity index is 350. The average molecular weight is 270 g/mol. The third-order valence-corrected chi connectivity index (χ3v) is 3.25. The molecule has 2 nitrogen and oxygen atoms in total. The van der Waals surface area contributed by atoms with Crippen molar-refractivity contribution in [1.29, 1.82) is 0 Å². The molecule has 0 saturated heterocycles. The Balaban J connectivity index is 2.61. The van der Waals surface area contributed by atoms with Crippen molar-refractivity contribution < 1.29 is 4.74 Å². The third-order valence-electron chi connectivity index (χ3n) is 2.96. The fraction of sp³-hybridized carbons (Fsp3) is 0.600. The first-order valence-corrected chi connectivity index (χ1v) is 7.24. The van der Waals surface area contributed by atoms with E-state index in [1.165, 1.54) is 5.56 Å². The molecule has 0 aliphatic rings. The van der Waals surface area contributed by atoms with E-state index in [1.54, 1.807) is 0 Å². The molecule has 0 spiro atoms. The summed E-state index contributed by atoms with van der Waals surface area (Å²) >= 11 is 6.25. The van der Waals surface area contributed by atoms with Crippen LogP contribution >= 0.6 is 11.6 Å². The Labute approximate surface area is 116 Å². The number of rotatable bonds is 8. The lowest BCUT2D eigenvalue weighted by Crippen LogP contribution is -2.15. The van der Waals surface area contributed by atoms with Gasteiger partial charge in [-0.15, -0.1) is 0 Å². The van der Waals surface area contributed by atoms with E-state index in [4.69, 9.17) is 16.3 Å². The zero-order valence-electron chi connectivity index (χ0n) is 11.6. The van der Waals surface area contributed by atoms with Gasteiger partial charge in [0.1, 0.15) is 5.75 Å². The molecule has 0 aliphatic carbocycles. The predicted octanol–water partition coefficient (Wildman–Crippen LogP) is 4.41. The molecular formula is C15H24ClNO. The van der Waals surface area contributed by atoms with Crippen molar-refractivity contribution in [3.05, 3.63) is 28.8 Å². The van der Waals surface area contributed by atoms with Gasteiger partial charge in [0.25, 0.3) is 0 Å². The second-order valence-corrected chi connectivity index (χ2v) is 4.91. The highest BCUT2D eigenvalue weighted by Crippen LogP contribution is 2.27. The SMILES string of the molecule is CCCNCc1ccc(OC(CC)CC)c(Cl)c1. The van der Waals surface area contributed by atoms with Crippen LogP contribution in [0.4, 0.5) is 0 Å². The van der Waals surface area contributed by atoms with Gasteiger partial charge in [0.2, 0.25) is 0 Å². The van der Waals surface area contributed by atoms with E-state index in [0.29, 0.717) is 5.02 Å². The predicted molar refractivity (Wildman–Crippen MR) is 78.4 cm³/mol. The Kier molecular flexibility index (Phi) is 7.14.